The second-order valence-corrected chi connectivity index (χ2v) is 7.50. The van der Waals surface area contributed by atoms with Crippen LogP contribution in [0.25, 0.3) is 0 Å². The third kappa shape index (κ3) is 5.96. The maximum absolute atomic E-state index is 12.9. The second kappa shape index (κ2) is 9.48. The molecule has 7 nitrogen and oxygen atoms in total. The molecule has 1 aromatic heterocycles. The molecule has 0 radical (unpaired) electrons. The van der Waals surface area contributed by atoms with Crippen molar-refractivity contribution in [3.63, 3.8) is 0 Å². The van der Waals surface area contributed by atoms with Gasteiger partial charge >= 0.3 is 6.18 Å². The summed E-state index contributed by atoms with van der Waals surface area (Å²) >= 11 is 0. The number of amides is 1. The predicted octanol–water partition coefficient (Wildman–Crippen LogP) is 2.31. The summed E-state index contributed by atoms with van der Waals surface area (Å²) in [6, 6.07) is 5.39. The number of likely N-dealkylation sites (N-methyl/N-ethyl adjacent to an activating group) is 1. The number of nitrogens with zero attached hydrogens (tertiary/aromatic N) is 4. The van der Waals surface area contributed by atoms with Crippen LogP contribution in [0.5, 0.6) is 0 Å². The third-order valence-electron chi connectivity index (χ3n) is 4.90. The number of hydrogen-bond donors (Lipinski definition) is 1. The van der Waals surface area contributed by atoms with Crippen LogP contribution in [0.1, 0.15) is 21.9 Å². The standard InChI is InChI=1S/C20H26F3N5O2/c1-26(2)7-6-24-19(29)17-14-30-18(25-17)13-27-8-10-28(11-9-27)16-5-3-4-15(12-16)20(21,22)23/h3-5,12,14H,6-11,13H2,1-2H3,(H,24,29). The summed E-state index contributed by atoms with van der Waals surface area (Å²) in [5.41, 5.74) is 0.169. The number of nitrogens with one attached hydrogen (secondary N) is 1. The zero-order valence-corrected chi connectivity index (χ0v) is 17.1. The molecular formula is C20H26F3N5O2. The molecule has 2 heterocycles. The second-order valence-electron chi connectivity index (χ2n) is 7.50. The van der Waals surface area contributed by atoms with Crippen LogP contribution in [0.4, 0.5) is 18.9 Å². The summed E-state index contributed by atoms with van der Waals surface area (Å²) in [7, 11) is 3.85. The monoisotopic (exact) mass is 425 g/mol. The molecule has 0 atom stereocenters. The molecule has 1 amide bonds. The Labute approximate surface area is 173 Å². The lowest BCUT2D eigenvalue weighted by atomic mass is 10.1. The summed E-state index contributed by atoms with van der Waals surface area (Å²) in [4.78, 5) is 22.3. The minimum atomic E-state index is -4.35. The Morgan fingerprint density at radius 1 is 1.23 bits per heavy atom. The number of piperazine rings is 1. The molecular weight excluding hydrogens is 399 g/mol. The van der Waals surface area contributed by atoms with E-state index in [1.165, 1.54) is 18.4 Å². The van der Waals surface area contributed by atoms with Gasteiger partial charge in [0.15, 0.2) is 5.69 Å². The van der Waals surface area contributed by atoms with Crippen LogP contribution in [0, 0.1) is 0 Å². The maximum Gasteiger partial charge on any atom is 0.416 e. The van der Waals surface area contributed by atoms with Gasteiger partial charge in [-0.3, -0.25) is 9.69 Å². The van der Waals surface area contributed by atoms with E-state index in [1.807, 2.05) is 23.9 Å². The van der Waals surface area contributed by atoms with Crippen LogP contribution in [0.3, 0.4) is 0 Å². The Balaban J connectivity index is 1.50. The van der Waals surface area contributed by atoms with Crippen LogP contribution in [-0.4, -0.2) is 74.1 Å². The molecule has 10 heteroatoms. The van der Waals surface area contributed by atoms with Gasteiger partial charge in [0, 0.05) is 45.0 Å². The first kappa shape index (κ1) is 22.1. The number of benzene rings is 1. The molecule has 0 saturated carbocycles. The summed E-state index contributed by atoms with van der Waals surface area (Å²) < 4.78 is 44.2. The number of carbonyl (C=O) groups excluding carboxylic acids is 1. The Bertz CT molecular complexity index is 845. The van der Waals surface area contributed by atoms with Gasteiger partial charge in [0.05, 0.1) is 12.1 Å². The number of rotatable bonds is 7. The van der Waals surface area contributed by atoms with Gasteiger partial charge in [-0.2, -0.15) is 13.2 Å². The Kier molecular flexibility index (Phi) is 6.99. The topological polar surface area (TPSA) is 64.9 Å². The fraction of sp³-hybridized carbons (Fsp3) is 0.500. The van der Waals surface area contributed by atoms with Gasteiger partial charge in [-0.25, -0.2) is 4.98 Å². The lowest BCUT2D eigenvalue weighted by molar-refractivity contribution is -0.137. The molecule has 1 aliphatic heterocycles. The quantitative estimate of drug-likeness (QED) is 0.735. The number of anilines is 1. The van der Waals surface area contributed by atoms with Crippen molar-refractivity contribution in [2.24, 2.45) is 0 Å². The first-order chi connectivity index (χ1) is 14.2. The molecule has 1 saturated heterocycles. The van der Waals surface area contributed by atoms with Crippen LogP contribution < -0.4 is 10.2 Å². The van der Waals surface area contributed by atoms with Crippen molar-refractivity contribution in [2.75, 3.05) is 58.3 Å². The molecule has 1 aliphatic rings. The van der Waals surface area contributed by atoms with Gasteiger partial charge in [-0.1, -0.05) is 6.07 Å². The van der Waals surface area contributed by atoms with E-state index < -0.39 is 11.7 Å². The van der Waals surface area contributed by atoms with Gasteiger partial charge in [-0.05, 0) is 32.3 Å². The van der Waals surface area contributed by atoms with Crippen LogP contribution in [-0.2, 0) is 12.7 Å². The number of carbonyl (C=O) groups is 1. The van der Waals surface area contributed by atoms with Gasteiger partial charge in [-0.15, -0.1) is 0 Å². The average Bonchev–Trinajstić information content (AvgIpc) is 3.16. The van der Waals surface area contributed by atoms with E-state index in [4.69, 9.17) is 4.42 Å². The van der Waals surface area contributed by atoms with E-state index in [1.54, 1.807) is 6.07 Å². The van der Waals surface area contributed by atoms with E-state index in [0.717, 1.165) is 12.6 Å². The van der Waals surface area contributed by atoms with Gasteiger partial charge in [0.25, 0.3) is 5.91 Å². The summed E-state index contributed by atoms with van der Waals surface area (Å²) in [6.07, 6.45) is -3.00. The van der Waals surface area contributed by atoms with Gasteiger partial charge in [0.1, 0.15) is 6.26 Å². The zero-order chi connectivity index (χ0) is 21.7. The molecule has 0 aliphatic carbocycles. The fourth-order valence-electron chi connectivity index (χ4n) is 3.21. The Morgan fingerprint density at radius 2 is 1.97 bits per heavy atom. The number of oxazole rings is 1. The summed E-state index contributed by atoms with van der Waals surface area (Å²) in [5, 5.41) is 2.78. The maximum atomic E-state index is 12.9. The molecule has 1 aromatic carbocycles. The third-order valence-corrected chi connectivity index (χ3v) is 4.90. The first-order valence-corrected chi connectivity index (χ1v) is 9.74. The number of hydrogen-bond acceptors (Lipinski definition) is 6. The molecule has 0 spiro atoms. The van der Waals surface area contributed by atoms with Crippen molar-refractivity contribution in [1.82, 2.24) is 20.1 Å². The minimum Gasteiger partial charge on any atom is -0.447 e. The molecule has 0 unspecified atom stereocenters. The number of alkyl halides is 3. The van der Waals surface area contributed by atoms with Crippen molar-refractivity contribution in [3.8, 4) is 0 Å². The minimum absolute atomic E-state index is 0.242. The molecule has 1 fully saturated rings. The zero-order valence-electron chi connectivity index (χ0n) is 17.1. The number of aromatic nitrogens is 1. The van der Waals surface area contributed by atoms with Gasteiger partial charge in [0.2, 0.25) is 5.89 Å². The molecule has 164 valence electrons. The Morgan fingerprint density at radius 3 is 2.63 bits per heavy atom. The van der Waals surface area contributed by atoms with Crippen molar-refractivity contribution in [2.45, 2.75) is 12.7 Å². The SMILES string of the molecule is CN(C)CCNC(=O)c1coc(CN2CCN(c3cccc(C(F)(F)F)c3)CC2)n1. The fourth-order valence-corrected chi connectivity index (χ4v) is 3.21. The molecule has 30 heavy (non-hydrogen) atoms. The highest BCUT2D eigenvalue weighted by Gasteiger charge is 2.31. The van der Waals surface area contributed by atoms with Crippen molar-refractivity contribution < 1.29 is 22.4 Å². The Hall–Kier alpha value is -2.59. The molecule has 3 rings (SSSR count). The highest BCUT2D eigenvalue weighted by Crippen LogP contribution is 2.31. The normalized spacial score (nSPS) is 15.6. The molecule has 2 aromatic rings. The van der Waals surface area contributed by atoms with Gasteiger partial charge < -0.3 is 19.5 Å². The lowest BCUT2D eigenvalue weighted by Crippen LogP contribution is -2.46. The summed E-state index contributed by atoms with van der Waals surface area (Å²) in [6.45, 7) is 4.20. The highest BCUT2D eigenvalue weighted by molar-refractivity contribution is 5.91. The highest BCUT2D eigenvalue weighted by atomic mass is 19.4. The largest absolute Gasteiger partial charge is 0.447 e. The van der Waals surface area contributed by atoms with E-state index in [9.17, 15) is 18.0 Å². The van der Waals surface area contributed by atoms with E-state index in [2.05, 4.69) is 15.2 Å². The van der Waals surface area contributed by atoms with E-state index >= 15 is 0 Å². The first-order valence-electron chi connectivity index (χ1n) is 9.74. The molecule has 1 N–H and O–H groups in total. The van der Waals surface area contributed by atoms with Crippen LogP contribution >= 0.6 is 0 Å². The van der Waals surface area contributed by atoms with Crippen molar-refractivity contribution >= 4 is 11.6 Å². The average molecular weight is 425 g/mol. The van der Waals surface area contributed by atoms with E-state index in [0.29, 0.717) is 50.8 Å². The summed E-state index contributed by atoms with van der Waals surface area (Å²) in [5.74, 6) is 0.168. The van der Waals surface area contributed by atoms with E-state index in [-0.39, 0.29) is 11.6 Å². The van der Waals surface area contributed by atoms with Crippen molar-refractivity contribution in [1.29, 1.82) is 0 Å². The number of halogens is 3. The van der Waals surface area contributed by atoms with Crippen molar-refractivity contribution in [3.05, 3.63) is 47.7 Å². The van der Waals surface area contributed by atoms with Crippen LogP contribution in [0.15, 0.2) is 34.9 Å². The predicted molar refractivity (Wildman–Crippen MR) is 106 cm³/mol. The lowest BCUT2D eigenvalue weighted by Gasteiger charge is -2.35. The molecule has 0 bridgehead atoms. The smallest absolute Gasteiger partial charge is 0.416 e. The van der Waals surface area contributed by atoms with Crippen LogP contribution in [0.2, 0.25) is 0 Å².